The summed E-state index contributed by atoms with van der Waals surface area (Å²) >= 11 is 0. The Bertz CT molecular complexity index is 302. The van der Waals surface area contributed by atoms with Crippen LogP contribution in [0.25, 0.3) is 0 Å². The van der Waals surface area contributed by atoms with Gasteiger partial charge in [0.1, 0.15) is 0 Å². The van der Waals surface area contributed by atoms with Crippen LogP contribution in [0.15, 0.2) is 24.4 Å². The summed E-state index contributed by atoms with van der Waals surface area (Å²) < 4.78 is 0. The maximum Gasteiger partial charge on any atom is 0.0543 e. The van der Waals surface area contributed by atoms with Crippen molar-refractivity contribution in [1.29, 1.82) is 0 Å². The zero-order valence-corrected chi connectivity index (χ0v) is 10.3. The fourth-order valence-electron chi connectivity index (χ4n) is 2.16. The van der Waals surface area contributed by atoms with E-state index >= 15 is 0 Å². The van der Waals surface area contributed by atoms with Gasteiger partial charge in [-0.2, -0.15) is 0 Å². The third-order valence-electron chi connectivity index (χ3n) is 3.25. The van der Waals surface area contributed by atoms with E-state index < -0.39 is 0 Å². The molecule has 1 aliphatic rings. The molecule has 0 radical (unpaired) electrons. The van der Waals surface area contributed by atoms with Crippen LogP contribution in [0, 0.1) is 0 Å². The summed E-state index contributed by atoms with van der Waals surface area (Å²) in [6, 6.07) is 6.82. The molecule has 1 aliphatic heterocycles. The van der Waals surface area contributed by atoms with Gasteiger partial charge in [-0.1, -0.05) is 6.07 Å². The summed E-state index contributed by atoms with van der Waals surface area (Å²) in [5, 5.41) is 0. The third kappa shape index (κ3) is 3.03. The van der Waals surface area contributed by atoms with Crippen molar-refractivity contribution in [3.05, 3.63) is 30.1 Å². The van der Waals surface area contributed by atoms with Gasteiger partial charge in [0.2, 0.25) is 0 Å². The fraction of sp³-hybridized carbons (Fsp3) is 0.615. The van der Waals surface area contributed by atoms with E-state index in [1.54, 1.807) is 0 Å². The highest BCUT2D eigenvalue weighted by molar-refractivity contribution is 5.03. The van der Waals surface area contributed by atoms with Gasteiger partial charge >= 0.3 is 0 Å². The number of pyridine rings is 1. The Morgan fingerprint density at radius 1 is 1.19 bits per heavy atom. The van der Waals surface area contributed by atoms with E-state index in [0.29, 0.717) is 6.04 Å². The van der Waals surface area contributed by atoms with E-state index in [1.165, 1.54) is 18.8 Å². The maximum absolute atomic E-state index is 4.37. The van der Waals surface area contributed by atoms with Crippen molar-refractivity contribution >= 4 is 0 Å². The van der Waals surface area contributed by atoms with Gasteiger partial charge in [-0.15, -0.1) is 0 Å². The molecule has 3 heteroatoms. The van der Waals surface area contributed by atoms with Crippen LogP contribution in [0.1, 0.15) is 19.5 Å². The second kappa shape index (κ2) is 5.41. The van der Waals surface area contributed by atoms with E-state index in [9.17, 15) is 0 Å². The highest BCUT2D eigenvalue weighted by Gasteiger charge is 2.18. The lowest BCUT2D eigenvalue weighted by molar-refractivity contribution is 0.103. The molecule has 88 valence electrons. The van der Waals surface area contributed by atoms with Gasteiger partial charge < -0.3 is 0 Å². The lowest BCUT2D eigenvalue weighted by atomic mass is 10.2. The summed E-state index contributed by atoms with van der Waals surface area (Å²) in [5.74, 6) is 0. The Kier molecular flexibility index (Phi) is 3.91. The highest BCUT2D eigenvalue weighted by Crippen LogP contribution is 2.08. The highest BCUT2D eigenvalue weighted by atomic mass is 15.3. The number of hydrogen-bond acceptors (Lipinski definition) is 3. The molecule has 2 rings (SSSR count). The normalized spacial score (nSPS) is 19.2. The van der Waals surface area contributed by atoms with Crippen molar-refractivity contribution in [2.45, 2.75) is 26.4 Å². The van der Waals surface area contributed by atoms with Crippen LogP contribution < -0.4 is 0 Å². The molecule has 0 atom stereocenters. The molecule has 16 heavy (non-hydrogen) atoms. The first-order chi connectivity index (χ1) is 7.75. The predicted molar refractivity (Wildman–Crippen MR) is 66.2 cm³/mol. The molecule has 2 heterocycles. The molecule has 3 nitrogen and oxygen atoms in total. The van der Waals surface area contributed by atoms with Crippen LogP contribution >= 0.6 is 0 Å². The molecule has 1 aromatic rings. The van der Waals surface area contributed by atoms with Gasteiger partial charge in [-0.25, -0.2) is 0 Å². The summed E-state index contributed by atoms with van der Waals surface area (Å²) in [6.07, 6.45) is 1.87. The summed E-state index contributed by atoms with van der Waals surface area (Å²) in [4.78, 5) is 9.40. The van der Waals surface area contributed by atoms with Crippen LogP contribution in [-0.4, -0.2) is 47.0 Å². The van der Waals surface area contributed by atoms with Gasteiger partial charge in [0.25, 0.3) is 0 Å². The summed E-state index contributed by atoms with van der Waals surface area (Å²) in [6.45, 7) is 10.2. The van der Waals surface area contributed by atoms with Crippen LogP contribution in [0.4, 0.5) is 0 Å². The molecule has 0 N–H and O–H groups in total. The van der Waals surface area contributed by atoms with Crippen molar-refractivity contribution in [1.82, 2.24) is 14.8 Å². The monoisotopic (exact) mass is 219 g/mol. The largest absolute Gasteiger partial charge is 0.298 e. The SMILES string of the molecule is CC(C)N1CCN(Cc2ccccn2)CC1. The van der Waals surface area contributed by atoms with E-state index in [0.717, 1.165) is 19.6 Å². The smallest absolute Gasteiger partial charge is 0.0543 e. The van der Waals surface area contributed by atoms with Gasteiger partial charge in [0.05, 0.1) is 5.69 Å². The number of piperazine rings is 1. The minimum absolute atomic E-state index is 0.678. The first-order valence-corrected chi connectivity index (χ1v) is 6.12. The maximum atomic E-state index is 4.37. The predicted octanol–water partition coefficient (Wildman–Crippen LogP) is 1.61. The minimum Gasteiger partial charge on any atom is -0.298 e. The lowest BCUT2D eigenvalue weighted by Crippen LogP contribution is -2.48. The van der Waals surface area contributed by atoms with Crippen molar-refractivity contribution in [2.24, 2.45) is 0 Å². The van der Waals surface area contributed by atoms with Gasteiger partial charge in [-0.3, -0.25) is 14.8 Å². The van der Waals surface area contributed by atoms with Gasteiger partial charge in [-0.05, 0) is 26.0 Å². The Morgan fingerprint density at radius 3 is 2.50 bits per heavy atom. The average Bonchev–Trinajstić information content (AvgIpc) is 2.31. The molecular formula is C13H21N3. The molecule has 0 aromatic carbocycles. The van der Waals surface area contributed by atoms with Crippen LogP contribution in [-0.2, 0) is 6.54 Å². The molecule has 0 unspecified atom stereocenters. The van der Waals surface area contributed by atoms with Crippen molar-refractivity contribution < 1.29 is 0 Å². The number of nitrogens with zero attached hydrogens (tertiary/aromatic N) is 3. The van der Waals surface area contributed by atoms with E-state index in [1.807, 2.05) is 12.3 Å². The van der Waals surface area contributed by atoms with Crippen molar-refractivity contribution in [3.63, 3.8) is 0 Å². The molecule has 0 amide bonds. The molecule has 0 saturated carbocycles. The molecular weight excluding hydrogens is 198 g/mol. The van der Waals surface area contributed by atoms with E-state index in [2.05, 4.69) is 40.8 Å². The first-order valence-electron chi connectivity index (χ1n) is 6.12. The number of aromatic nitrogens is 1. The van der Waals surface area contributed by atoms with Gasteiger partial charge in [0, 0.05) is 45.0 Å². The standard InChI is InChI=1S/C13H21N3/c1-12(2)16-9-7-15(8-10-16)11-13-5-3-4-6-14-13/h3-6,12H,7-11H2,1-2H3. The zero-order chi connectivity index (χ0) is 11.4. The Balaban J connectivity index is 1.82. The second-order valence-corrected chi connectivity index (χ2v) is 4.73. The third-order valence-corrected chi connectivity index (χ3v) is 3.25. The zero-order valence-electron chi connectivity index (χ0n) is 10.3. The first kappa shape index (κ1) is 11.6. The lowest BCUT2D eigenvalue weighted by Gasteiger charge is -2.36. The Morgan fingerprint density at radius 2 is 1.94 bits per heavy atom. The Hall–Kier alpha value is -0.930. The summed E-state index contributed by atoms with van der Waals surface area (Å²) in [7, 11) is 0. The van der Waals surface area contributed by atoms with Crippen LogP contribution in [0.3, 0.4) is 0 Å². The quantitative estimate of drug-likeness (QED) is 0.770. The molecule has 1 fully saturated rings. The molecule has 0 bridgehead atoms. The second-order valence-electron chi connectivity index (χ2n) is 4.73. The van der Waals surface area contributed by atoms with Crippen molar-refractivity contribution in [2.75, 3.05) is 26.2 Å². The van der Waals surface area contributed by atoms with E-state index in [4.69, 9.17) is 0 Å². The molecule has 1 saturated heterocycles. The van der Waals surface area contributed by atoms with Crippen molar-refractivity contribution in [3.8, 4) is 0 Å². The number of hydrogen-bond donors (Lipinski definition) is 0. The molecule has 0 spiro atoms. The van der Waals surface area contributed by atoms with E-state index in [-0.39, 0.29) is 0 Å². The minimum atomic E-state index is 0.678. The average molecular weight is 219 g/mol. The molecule has 1 aromatic heterocycles. The number of rotatable bonds is 3. The fourth-order valence-corrected chi connectivity index (χ4v) is 2.16. The Labute approximate surface area is 98.1 Å². The summed E-state index contributed by atoms with van der Waals surface area (Å²) in [5.41, 5.74) is 1.18. The van der Waals surface area contributed by atoms with Gasteiger partial charge in [0.15, 0.2) is 0 Å². The van der Waals surface area contributed by atoms with Crippen LogP contribution in [0.5, 0.6) is 0 Å². The van der Waals surface area contributed by atoms with Crippen LogP contribution in [0.2, 0.25) is 0 Å². The molecule has 0 aliphatic carbocycles. The topological polar surface area (TPSA) is 19.4 Å².